The Labute approximate surface area is 91.1 Å². The Morgan fingerprint density at radius 1 is 1.47 bits per heavy atom. The molecule has 3 heterocycles. The summed E-state index contributed by atoms with van der Waals surface area (Å²) in [5, 5.41) is 6.92. The zero-order chi connectivity index (χ0) is 10.3. The number of fused-ring (bicyclic) bond motifs is 1. The number of nitrogens with one attached hydrogen (secondary N) is 2. The molecule has 2 saturated heterocycles. The molecule has 0 spiro atoms. The molecule has 84 valence electrons. The van der Waals surface area contributed by atoms with Gasteiger partial charge in [0, 0.05) is 32.2 Å². The Balaban J connectivity index is 1.78. The van der Waals surface area contributed by atoms with Crippen LogP contribution in [0.15, 0.2) is 4.99 Å². The predicted molar refractivity (Wildman–Crippen MR) is 60.9 cm³/mol. The van der Waals surface area contributed by atoms with E-state index in [0.717, 1.165) is 30.9 Å². The summed E-state index contributed by atoms with van der Waals surface area (Å²) < 4.78 is 0. The van der Waals surface area contributed by atoms with E-state index in [1.807, 2.05) is 0 Å². The van der Waals surface area contributed by atoms with Gasteiger partial charge in [-0.15, -0.1) is 0 Å². The molecule has 0 aromatic carbocycles. The predicted octanol–water partition coefficient (Wildman–Crippen LogP) is -0.125. The number of guanidine groups is 1. The first kappa shape index (κ1) is 9.46. The summed E-state index contributed by atoms with van der Waals surface area (Å²) >= 11 is 0. The summed E-state index contributed by atoms with van der Waals surface area (Å²) in [7, 11) is 0. The molecular formula is C11H20N4. The molecule has 4 heteroatoms. The first-order valence-corrected chi connectivity index (χ1v) is 6.16. The van der Waals surface area contributed by atoms with Crippen molar-refractivity contribution >= 4 is 5.96 Å². The summed E-state index contributed by atoms with van der Waals surface area (Å²) in [5.41, 5.74) is 0. The molecule has 3 aliphatic rings. The minimum absolute atomic E-state index is 0.703. The van der Waals surface area contributed by atoms with Crippen molar-refractivity contribution in [3.63, 3.8) is 0 Å². The summed E-state index contributed by atoms with van der Waals surface area (Å²) in [6, 6.07) is 0.703. The molecule has 2 fully saturated rings. The Hall–Kier alpha value is -0.770. The van der Waals surface area contributed by atoms with Gasteiger partial charge in [0.1, 0.15) is 0 Å². The fraction of sp³-hybridized carbons (Fsp3) is 0.909. The minimum Gasteiger partial charge on any atom is -0.354 e. The van der Waals surface area contributed by atoms with Crippen molar-refractivity contribution in [2.45, 2.75) is 19.4 Å². The Morgan fingerprint density at radius 2 is 2.40 bits per heavy atom. The van der Waals surface area contributed by atoms with Crippen molar-refractivity contribution in [1.29, 1.82) is 0 Å². The maximum absolute atomic E-state index is 4.55. The van der Waals surface area contributed by atoms with Gasteiger partial charge >= 0.3 is 0 Å². The highest BCUT2D eigenvalue weighted by molar-refractivity contribution is 5.82. The Morgan fingerprint density at radius 3 is 3.13 bits per heavy atom. The molecule has 15 heavy (non-hydrogen) atoms. The average molecular weight is 208 g/mol. The van der Waals surface area contributed by atoms with E-state index in [9.17, 15) is 0 Å². The maximum atomic E-state index is 4.55. The van der Waals surface area contributed by atoms with Crippen LogP contribution in [0.25, 0.3) is 0 Å². The molecule has 0 aliphatic carbocycles. The van der Waals surface area contributed by atoms with Crippen LogP contribution in [-0.4, -0.2) is 49.6 Å². The third-order valence-electron chi connectivity index (χ3n) is 4.06. The molecule has 0 radical (unpaired) electrons. The van der Waals surface area contributed by atoms with Crippen LogP contribution >= 0.6 is 0 Å². The van der Waals surface area contributed by atoms with Crippen molar-refractivity contribution in [2.24, 2.45) is 16.8 Å². The number of hydrogen-bond donors (Lipinski definition) is 2. The van der Waals surface area contributed by atoms with Crippen LogP contribution in [0.2, 0.25) is 0 Å². The van der Waals surface area contributed by atoms with Crippen LogP contribution < -0.4 is 10.6 Å². The monoisotopic (exact) mass is 208 g/mol. The van der Waals surface area contributed by atoms with Gasteiger partial charge in [0.15, 0.2) is 5.96 Å². The highest BCUT2D eigenvalue weighted by Crippen LogP contribution is 2.34. The normalized spacial score (nSPS) is 39.1. The average Bonchev–Trinajstić information content (AvgIpc) is 2.93. The molecule has 0 aromatic heterocycles. The van der Waals surface area contributed by atoms with E-state index in [-0.39, 0.29) is 0 Å². The molecule has 0 saturated carbocycles. The molecule has 0 bridgehead atoms. The van der Waals surface area contributed by atoms with Gasteiger partial charge in [0.05, 0.1) is 6.54 Å². The zero-order valence-corrected chi connectivity index (χ0v) is 9.37. The van der Waals surface area contributed by atoms with Gasteiger partial charge in [0.2, 0.25) is 0 Å². The fourth-order valence-electron chi connectivity index (χ4n) is 3.37. The molecular weight excluding hydrogens is 188 g/mol. The second kappa shape index (κ2) is 3.67. The molecule has 2 N–H and O–H groups in total. The van der Waals surface area contributed by atoms with E-state index in [1.165, 1.54) is 26.1 Å². The first-order valence-electron chi connectivity index (χ1n) is 6.16. The van der Waals surface area contributed by atoms with Crippen molar-refractivity contribution in [3.8, 4) is 0 Å². The highest BCUT2D eigenvalue weighted by Gasteiger charge is 2.44. The van der Waals surface area contributed by atoms with E-state index >= 15 is 0 Å². The Bertz CT molecular complexity index is 276. The van der Waals surface area contributed by atoms with Crippen LogP contribution in [0.4, 0.5) is 0 Å². The van der Waals surface area contributed by atoms with Gasteiger partial charge in [-0.2, -0.15) is 0 Å². The number of likely N-dealkylation sites (tertiary alicyclic amines) is 1. The van der Waals surface area contributed by atoms with Gasteiger partial charge in [-0.05, 0) is 18.3 Å². The van der Waals surface area contributed by atoms with Gasteiger partial charge < -0.3 is 15.5 Å². The second-order valence-corrected chi connectivity index (χ2v) is 4.84. The van der Waals surface area contributed by atoms with Crippen LogP contribution in [0.5, 0.6) is 0 Å². The highest BCUT2D eigenvalue weighted by atomic mass is 15.4. The molecule has 0 aromatic rings. The topological polar surface area (TPSA) is 39.7 Å². The summed E-state index contributed by atoms with van der Waals surface area (Å²) in [6.07, 6.45) is 1.24. The molecule has 0 amide bonds. The smallest absolute Gasteiger partial charge is 0.194 e. The van der Waals surface area contributed by atoms with Crippen molar-refractivity contribution in [3.05, 3.63) is 0 Å². The molecule has 3 atom stereocenters. The largest absolute Gasteiger partial charge is 0.354 e. The lowest BCUT2D eigenvalue weighted by atomic mass is 9.93. The SMILES string of the molecule is CCC1C2CNCC2CN1C1=NCCN1. The van der Waals surface area contributed by atoms with E-state index in [1.54, 1.807) is 0 Å². The quantitative estimate of drug-likeness (QED) is 0.631. The lowest BCUT2D eigenvalue weighted by molar-refractivity contribution is 0.318. The number of hydrogen-bond acceptors (Lipinski definition) is 4. The standard InChI is InChI=1S/C11H20N4/c1-2-10-9-6-12-5-8(9)7-15(10)11-13-3-4-14-11/h8-10,12H,2-7H2,1H3,(H,13,14). The van der Waals surface area contributed by atoms with Gasteiger partial charge in [-0.25, -0.2) is 0 Å². The molecule has 3 rings (SSSR count). The van der Waals surface area contributed by atoms with Crippen molar-refractivity contribution in [2.75, 3.05) is 32.7 Å². The maximum Gasteiger partial charge on any atom is 0.194 e. The number of rotatable bonds is 1. The van der Waals surface area contributed by atoms with Crippen LogP contribution in [-0.2, 0) is 0 Å². The summed E-state index contributed by atoms with van der Waals surface area (Å²) in [5.74, 6) is 2.86. The zero-order valence-electron chi connectivity index (χ0n) is 9.37. The van der Waals surface area contributed by atoms with Crippen LogP contribution in [0, 0.1) is 11.8 Å². The number of aliphatic imine (C=N–C) groups is 1. The third-order valence-corrected chi connectivity index (χ3v) is 4.06. The second-order valence-electron chi connectivity index (χ2n) is 4.84. The fourth-order valence-corrected chi connectivity index (χ4v) is 3.37. The van der Waals surface area contributed by atoms with E-state index in [2.05, 4.69) is 27.4 Å². The summed E-state index contributed by atoms with van der Waals surface area (Å²) in [6.45, 7) is 7.87. The first-order chi connectivity index (χ1) is 7.40. The van der Waals surface area contributed by atoms with Gasteiger partial charge in [-0.1, -0.05) is 6.92 Å². The molecule has 3 unspecified atom stereocenters. The molecule has 3 aliphatic heterocycles. The lowest BCUT2D eigenvalue weighted by Gasteiger charge is -2.28. The lowest BCUT2D eigenvalue weighted by Crippen LogP contribution is -2.44. The Kier molecular flexibility index (Phi) is 2.31. The van der Waals surface area contributed by atoms with Crippen LogP contribution in [0.1, 0.15) is 13.3 Å². The van der Waals surface area contributed by atoms with E-state index in [4.69, 9.17) is 0 Å². The molecule has 4 nitrogen and oxygen atoms in total. The third kappa shape index (κ3) is 1.42. The van der Waals surface area contributed by atoms with Gasteiger partial charge in [-0.3, -0.25) is 4.99 Å². The summed E-state index contributed by atoms with van der Waals surface area (Å²) in [4.78, 5) is 7.07. The van der Waals surface area contributed by atoms with E-state index in [0.29, 0.717) is 6.04 Å². The van der Waals surface area contributed by atoms with Gasteiger partial charge in [0.25, 0.3) is 0 Å². The van der Waals surface area contributed by atoms with Crippen LogP contribution in [0.3, 0.4) is 0 Å². The van der Waals surface area contributed by atoms with E-state index < -0.39 is 0 Å². The number of nitrogens with zero attached hydrogens (tertiary/aromatic N) is 2. The van der Waals surface area contributed by atoms with Crippen molar-refractivity contribution < 1.29 is 0 Å². The minimum atomic E-state index is 0.703. The van der Waals surface area contributed by atoms with Crippen molar-refractivity contribution in [1.82, 2.24) is 15.5 Å².